The molecule has 1 N–H and O–H groups in total. The molecular formula is C14H10F5NO2S. The van der Waals surface area contributed by atoms with E-state index in [2.05, 4.69) is 0 Å². The largest absolute Gasteiger partial charge is 0.416 e. The van der Waals surface area contributed by atoms with Crippen molar-refractivity contribution in [3.63, 3.8) is 0 Å². The summed E-state index contributed by atoms with van der Waals surface area (Å²) in [5, 5.41) is 0. The number of alkyl halides is 3. The van der Waals surface area contributed by atoms with Crippen molar-refractivity contribution >= 4 is 10.0 Å². The Balaban J connectivity index is 2.25. The molecule has 0 aliphatic rings. The van der Waals surface area contributed by atoms with Gasteiger partial charge in [-0.3, -0.25) is 0 Å². The molecule has 0 aromatic heterocycles. The second-order valence-corrected chi connectivity index (χ2v) is 6.32. The molecule has 0 aliphatic heterocycles. The van der Waals surface area contributed by atoms with Gasteiger partial charge in [-0.2, -0.15) is 13.2 Å². The van der Waals surface area contributed by atoms with Crippen LogP contribution in [0.3, 0.4) is 0 Å². The predicted octanol–water partition coefficient (Wildman–Crippen LogP) is 3.46. The molecule has 0 bridgehead atoms. The highest BCUT2D eigenvalue weighted by molar-refractivity contribution is 7.89. The summed E-state index contributed by atoms with van der Waals surface area (Å²) in [5.74, 6) is -2.60. The van der Waals surface area contributed by atoms with Crippen molar-refractivity contribution in [3.05, 3.63) is 65.2 Å². The number of rotatable bonds is 4. The Morgan fingerprint density at radius 3 is 2.22 bits per heavy atom. The third-order valence-electron chi connectivity index (χ3n) is 2.98. The molecule has 0 aliphatic carbocycles. The fourth-order valence-corrected chi connectivity index (χ4v) is 2.87. The maximum absolute atomic E-state index is 13.1. The van der Waals surface area contributed by atoms with Gasteiger partial charge >= 0.3 is 6.18 Å². The number of benzene rings is 2. The number of halogens is 5. The van der Waals surface area contributed by atoms with Gasteiger partial charge in [0, 0.05) is 6.54 Å². The third kappa shape index (κ3) is 4.05. The van der Waals surface area contributed by atoms with Crippen molar-refractivity contribution in [1.82, 2.24) is 4.72 Å². The van der Waals surface area contributed by atoms with Crippen LogP contribution in [0.1, 0.15) is 11.1 Å². The predicted molar refractivity (Wildman–Crippen MR) is 71.8 cm³/mol. The highest BCUT2D eigenvalue weighted by atomic mass is 32.2. The summed E-state index contributed by atoms with van der Waals surface area (Å²) in [4.78, 5) is -0.583. The van der Waals surface area contributed by atoms with Crippen LogP contribution in [0, 0.1) is 11.6 Å². The Labute approximate surface area is 128 Å². The fourth-order valence-electron chi connectivity index (χ4n) is 1.85. The molecule has 9 heteroatoms. The van der Waals surface area contributed by atoms with Gasteiger partial charge in [0.15, 0.2) is 11.6 Å². The van der Waals surface area contributed by atoms with Crippen LogP contribution in [0.15, 0.2) is 47.4 Å². The quantitative estimate of drug-likeness (QED) is 0.858. The molecule has 2 rings (SSSR count). The SMILES string of the molecule is O=S(=O)(NCc1ccccc1C(F)(F)F)c1ccc(F)c(F)c1. The molecule has 0 heterocycles. The summed E-state index contributed by atoms with van der Waals surface area (Å²) in [6.45, 7) is -0.642. The lowest BCUT2D eigenvalue weighted by Gasteiger charge is -2.13. The normalized spacial score (nSPS) is 12.4. The summed E-state index contributed by atoms with van der Waals surface area (Å²) in [6.07, 6.45) is -4.63. The lowest BCUT2D eigenvalue weighted by molar-refractivity contribution is -0.138. The van der Waals surface area contributed by atoms with Gasteiger partial charge in [0.05, 0.1) is 10.5 Å². The highest BCUT2D eigenvalue weighted by Crippen LogP contribution is 2.31. The van der Waals surface area contributed by atoms with Crippen LogP contribution < -0.4 is 4.72 Å². The van der Waals surface area contributed by atoms with Gasteiger partial charge in [-0.05, 0) is 29.8 Å². The van der Waals surface area contributed by atoms with Crippen LogP contribution >= 0.6 is 0 Å². The van der Waals surface area contributed by atoms with Crippen molar-refractivity contribution < 1.29 is 30.4 Å². The van der Waals surface area contributed by atoms with E-state index >= 15 is 0 Å². The molecule has 0 saturated heterocycles. The Morgan fingerprint density at radius 1 is 0.957 bits per heavy atom. The van der Waals surface area contributed by atoms with Crippen molar-refractivity contribution in [1.29, 1.82) is 0 Å². The molecule has 0 atom stereocenters. The molecule has 0 amide bonds. The van der Waals surface area contributed by atoms with Crippen LogP contribution in [0.5, 0.6) is 0 Å². The maximum atomic E-state index is 13.1. The van der Waals surface area contributed by atoms with E-state index in [-0.39, 0.29) is 5.56 Å². The molecular weight excluding hydrogens is 341 g/mol. The zero-order chi connectivity index (χ0) is 17.3. The molecule has 2 aromatic rings. The fraction of sp³-hybridized carbons (Fsp3) is 0.143. The molecule has 0 radical (unpaired) electrons. The van der Waals surface area contributed by atoms with E-state index in [0.717, 1.165) is 18.2 Å². The van der Waals surface area contributed by atoms with Crippen molar-refractivity contribution in [2.24, 2.45) is 0 Å². The molecule has 0 saturated carbocycles. The molecule has 0 spiro atoms. The van der Waals surface area contributed by atoms with Gasteiger partial charge in [0.25, 0.3) is 0 Å². The van der Waals surface area contributed by atoms with Gasteiger partial charge in [-0.25, -0.2) is 21.9 Å². The number of hydrogen-bond acceptors (Lipinski definition) is 2. The first kappa shape index (κ1) is 17.4. The smallest absolute Gasteiger partial charge is 0.207 e. The first-order chi connectivity index (χ1) is 10.6. The van der Waals surface area contributed by atoms with E-state index in [1.54, 1.807) is 0 Å². The average molecular weight is 351 g/mol. The molecule has 124 valence electrons. The van der Waals surface area contributed by atoms with Gasteiger partial charge < -0.3 is 0 Å². The van der Waals surface area contributed by atoms with Crippen LogP contribution in [-0.2, 0) is 22.7 Å². The summed E-state index contributed by atoms with van der Waals surface area (Å²) < 4.78 is 90.2. The Kier molecular flexibility index (Phi) is 4.71. The zero-order valence-electron chi connectivity index (χ0n) is 11.4. The monoisotopic (exact) mass is 351 g/mol. The Morgan fingerprint density at radius 2 is 1.61 bits per heavy atom. The maximum Gasteiger partial charge on any atom is 0.416 e. The van der Waals surface area contributed by atoms with E-state index in [0.29, 0.717) is 12.1 Å². The lowest BCUT2D eigenvalue weighted by Crippen LogP contribution is -2.25. The first-order valence-corrected chi connectivity index (χ1v) is 7.69. The first-order valence-electron chi connectivity index (χ1n) is 6.21. The van der Waals surface area contributed by atoms with E-state index in [1.165, 1.54) is 12.1 Å². The number of sulfonamides is 1. The topological polar surface area (TPSA) is 46.2 Å². The highest BCUT2D eigenvalue weighted by Gasteiger charge is 2.33. The second kappa shape index (κ2) is 6.25. The average Bonchev–Trinajstić information content (AvgIpc) is 2.47. The number of hydrogen-bond donors (Lipinski definition) is 1. The van der Waals surface area contributed by atoms with Crippen LogP contribution in [0.25, 0.3) is 0 Å². The van der Waals surface area contributed by atoms with Crippen molar-refractivity contribution in [2.45, 2.75) is 17.6 Å². The lowest BCUT2D eigenvalue weighted by atomic mass is 10.1. The van der Waals surface area contributed by atoms with Crippen LogP contribution in [0.4, 0.5) is 22.0 Å². The zero-order valence-corrected chi connectivity index (χ0v) is 12.2. The van der Waals surface area contributed by atoms with Gasteiger partial charge in [0.2, 0.25) is 10.0 Å². The summed E-state index contributed by atoms with van der Waals surface area (Å²) in [7, 11) is -4.28. The van der Waals surface area contributed by atoms with Crippen LogP contribution in [-0.4, -0.2) is 8.42 Å². The molecule has 23 heavy (non-hydrogen) atoms. The van der Waals surface area contributed by atoms with E-state index in [1.807, 2.05) is 4.72 Å². The number of nitrogens with one attached hydrogen (secondary N) is 1. The standard InChI is InChI=1S/C14H10F5NO2S/c15-12-6-5-10(7-13(12)16)23(21,22)20-8-9-3-1-2-4-11(9)14(17,18)19/h1-7,20H,8H2. The molecule has 0 fully saturated rings. The Hall–Kier alpha value is -2.00. The third-order valence-corrected chi connectivity index (χ3v) is 4.38. The summed E-state index contributed by atoms with van der Waals surface area (Å²) in [5.41, 5.74) is -1.26. The molecule has 0 unspecified atom stereocenters. The molecule has 2 aromatic carbocycles. The molecule has 3 nitrogen and oxygen atoms in total. The summed E-state index contributed by atoms with van der Waals surface area (Å²) >= 11 is 0. The van der Waals surface area contributed by atoms with E-state index in [9.17, 15) is 30.4 Å². The minimum absolute atomic E-state index is 0.286. The second-order valence-electron chi connectivity index (χ2n) is 4.56. The van der Waals surface area contributed by atoms with Crippen molar-refractivity contribution in [3.8, 4) is 0 Å². The van der Waals surface area contributed by atoms with E-state index in [4.69, 9.17) is 0 Å². The van der Waals surface area contributed by atoms with E-state index < -0.39 is 44.8 Å². The minimum atomic E-state index is -4.63. The minimum Gasteiger partial charge on any atom is -0.207 e. The van der Waals surface area contributed by atoms with Gasteiger partial charge in [-0.15, -0.1) is 0 Å². The van der Waals surface area contributed by atoms with Crippen molar-refractivity contribution in [2.75, 3.05) is 0 Å². The Bertz CT molecular complexity index is 818. The summed E-state index contributed by atoms with van der Waals surface area (Å²) in [6, 6.07) is 6.34. The van der Waals surface area contributed by atoms with Crippen LogP contribution in [0.2, 0.25) is 0 Å². The van der Waals surface area contributed by atoms with Gasteiger partial charge in [-0.1, -0.05) is 18.2 Å². The van der Waals surface area contributed by atoms with Gasteiger partial charge in [0.1, 0.15) is 0 Å².